The van der Waals surface area contributed by atoms with Gasteiger partial charge in [-0.2, -0.15) is 0 Å². The number of halogens is 3. The molecule has 0 spiro atoms. The first-order valence-electron chi connectivity index (χ1n) is 6.63. The Morgan fingerprint density at radius 2 is 2.00 bits per heavy atom. The normalized spacial score (nSPS) is 15.0. The van der Waals surface area contributed by atoms with E-state index < -0.39 is 0 Å². The highest BCUT2D eigenvalue weighted by Gasteiger charge is 2.09. The summed E-state index contributed by atoms with van der Waals surface area (Å²) in [6, 6.07) is 5.70. The number of benzene rings is 1. The zero-order valence-electron chi connectivity index (χ0n) is 12.1. The van der Waals surface area contributed by atoms with Crippen LogP contribution in [0.5, 0.6) is 5.75 Å². The maximum atomic E-state index is 6.00. The van der Waals surface area contributed by atoms with Crippen molar-refractivity contribution in [1.82, 2.24) is 10.2 Å². The minimum absolute atomic E-state index is 0. The smallest absolute Gasteiger partial charge is 0.123 e. The first-order chi connectivity index (χ1) is 9.29. The van der Waals surface area contributed by atoms with E-state index >= 15 is 0 Å². The molecule has 0 aromatic heterocycles. The summed E-state index contributed by atoms with van der Waals surface area (Å²) in [5, 5.41) is 4.17. The Labute approximate surface area is 143 Å². The molecule has 21 heavy (non-hydrogen) atoms. The van der Waals surface area contributed by atoms with Crippen molar-refractivity contribution >= 4 is 11.6 Å². The molecule has 1 aromatic carbocycles. The second kappa shape index (κ2) is 11.4. The third-order valence-electron chi connectivity index (χ3n) is 3.27. The van der Waals surface area contributed by atoms with Crippen molar-refractivity contribution in [1.29, 1.82) is 0 Å². The van der Waals surface area contributed by atoms with Gasteiger partial charge in [0, 0.05) is 43.3 Å². The first-order valence-corrected chi connectivity index (χ1v) is 7.00. The average molecular weight is 356 g/mol. The molecule has 0 saturated carbocycles. The van der Waals surface area contributed by atoms with Crippen LogP contribution in [0.25, 0.3) is 0 Å². The summed E-state index contributed by atoms with van der Waals surface area (Å²) in [5.74, 6) is 0.878. The third-order valence-corrected chi connectivity index (χ3v) is 3.50. The Bertz CT molecular complexity index is 402. The van der Waals surface area contributed by atoms with Gasteiger partial charge in [0.25, 0.3) is 0 Å². The number of hydrogen-bond donors (Lipinski definition) is 1. The maximum Gasteiger partial charge on any atom is 0.123 e. The number of hydrogen-bond acceptors (Lipinski definition) is 4. The molecule has 1 fully saturated rings. The average Bonchev–Trinajstić information content (AvgIpc) is 2.45. The van der Waals surface area contributed by atoms with Gasteiger partial charge in [-0.3, -0.25) is 4.90 Å². The summed E-state index contributed by atoms with van der Waals surface area (Å²) < 4.78 is 10.6. The lowest BCUT2D eigenvalue weighted by Gasteiger charge is -2.26. The molecule has 7 heteroatoms. The lowest BCUT2D eigenvalue weighted by molar-refractivity contribution is -0.00100. The van der Waals surface area contributed by atoms with Gasteiger partial charge < -0.3 is 39.6 Å². The van der Waals surface area contributed by atoms with Crippen LogP contribution in [0.1, 0.15) is 5.56 Å². The van der Waals surface area contributed by atoms with Crippen LogP contribution in [0.2, 0.25) is 5.02 Å². The van der Waals surface area contributed by atoms with E-state index in [0.717, 1.165) is 62.3 Å². The molecule has 1 N–H and O–H groups in total. The number of nitrogens with one attached hydrogen (secondary N) is 1. The Kier molecular flexibility index (Phi) is 11.2. The Morgan fingerprint density at radius 1 is 1.29 bits per heavy atom. The van der Waals surface area contributed by atoms with Crippen molar-refractivity contribution in [2.75, 3.05) is 46.5 Å². The van der Waals surface area contributed by atoms with Gasteiger partial charge >= 0.3 is 0 Å². The second-order valence-corrected chi connectivity index (χ2v) is 5.02. The number of morpholine rings is 1. The van der Waals surface area contributed by atoms with Crippen LogP contribution in [0.3, 0.4) is 0 Å². The zero-order chi connectivity index (χ0) is 13.5. The van der Waals surface area contributed by atoms with Gasteiger partial charge in [-0.25, -0.2) is 0 Å². The molecule has 4 nitrogen and oxygen atoms in total. The summed E-state index contributed by atoms with van der Waals surface area (Å²) in [7, 11) is 1.68. The molecule has 1 aliphatic rings. The fraction of sp³-hybridized carbons (Fsp3) is 0.571. The second-order valence-electron chi connectivity index (χ2n) is 4.59. The van der Waals surface area contributed by atoms with Gasteiger partial charge in [0.15, 0.2) is 0 Å². The van der Waals surface area contributed by atoms with Crippen LogP contribution in [0.15, 0.2) is 18.2 Å². The van der Waals surface area contributed by atoms with Gasteiger partial charge in [0.2, 0.25) is 0 Å². The van der Waals surface area contributed by atoms with Crippen molar-refractivity contribution in [2.45, 2.75) is 6.54 Å². The molecule has 0 atom stereocenters. The molecule has 1 saturated heterocycles. The Morgan fingerprint density at radius 3 is 2.67 bits per heavy atom. The van der Waals surface area contributed by atoms with Gasteiger partial charge in [-0.15, -0.1) is 0 Å². The fourth-order valence-corrected chi connectivity index (χ4v) is 2.37. The molecular formula is C14H21Cl3N2O2-2. The van der Waals surface area contributed by atoms with E-state index in [1.54, 1.807) is 7.11 Å². The lowest BCUT2D eigenvalue weighted by atomic mass is 10.2. The number of ether oxygens (including phenoxy) is 2. The van der Waals surface area contributed by atoms with Crippen LogP contribution in [0.4, 0.5) is 0 Å². The van der Waals surface area contributed by atoms with E-state index in [2.05, 4.69) is 10.2 Å². The molecule has 1 aromatic rings. The van der Waals surface area contributed by atoms with E-state index in [1.807, 2.05) is 18.2 Å². The summed E-state index contributed by atoms with van der Waals surface area (Å²) >= 11 is 6.00. The predicted molar refractivity (Wildman–Crippen MR) is 77.0 cm³/mol. The van der Waals surface area contributed by atoms with Gasteiger partial charge in [0.05, 0.1) is 20.3 Å². The van der Waals surface area contributed by atoms with Crippen LogP contribution in [0, 0.1) is 0 Å². The Hall–Kier alpha value is -0.230. The molecular weight excluding hydrogens is 335 g/mol. The molecule has 0 amide bonds. The minimum atomic E-state index is 0. The van der Waals surface area contributed by atoms with Crippen molar-refractivity contribution in [3.05, 3.63) is 28.8 Å². The van der Waals surface area contributed by atoms with E-state index in [4.69, 9.17) is 21.1 Å². The minimum Gasteiger partial charge on any atom is -1.00 e. The molecule has 1 heterocycles. The molecule has 0 radical (unpaired) electrons. The molecule has 1 aliphatic heterocycles. The van der Waals surface area contributed by atoms with Crippen molar-refractivity contribution in [3.63, 3.8) is 0 Å². The lowest BCUT2D eigenvalue weighted by Crippen LogP contribution is -3.00. The first kappa shape index (κ1) is 20.8. The zero-order valence-corrected chi connectivity index (χ0v) is 14.3. The standard InChI is InChI=1S/C14H21ClN2O2.2ClH/c1-18-14-3-2-13(15)10-12(14)11-16-4-5-17-6-8-19-9-7-17;;/h2-3,10,16H,4-9,11H2,1H3;2*1H/p-2. The molecule has 0 aliphatic carbocycles. The number of nitrogens with zero attached hydrogens (tertiary/aromatic N) is 1. The summed E-state index contributed by atoms with van der Waals surface area (Å²) in [6.45, 7) is 6.53. The quantitative estimate of drug-likeness (QED) is 0.525. The van der Waals surface area contributed by atoms with Crippen LogP contribution < -0.4 is 34.9 Å². The topological polar surface area (TPSA) is 33.7 Å². The van der Waals surface area contributed by atoms with E-state index in [9.17, 15) is 0 Å². The fourth-order valence-electron chi connectivity index (χ4n) is 2.17. The number of methoxy groups -OCH3 is 1. The molecule has 2 rings (SSSR count). The largest absolute Gasteiger partial charge is 1.00 e. The SMILES string of the molecule is COc1ccc(Cl)cc1CNCCN1CCOCC1.[Cl-].[Cl-]. The summed E-state index contributed by atoms with van der Waals surface area (Å²) in [4.78, 5) is 2.41. The van der Waals surface area contributed by atoms with Gasteiger partial charge in [-0.05, 0) is 18.2 Å². The summed E-state index contributed by atoms with van der Waals surface area (Å²) in [6.07, 6.45) is 0. The van der Waals surface area contributed by atoms with Crippen LogP contribution in [-0.2, 0) is 11.3 Å². The predicted octanol–water partition coefficient (Wildman–Crippen LogP) is -4.22. The highest BCUT2D eigenvalue weighted by Crippen LogP contribution is 2.22. The maximum absolute atomic E-state index is 6.00. The van der Waals surface area contributed by atoms with Crippen molar-refractivity contribution in [3.8, 4) is 5.75 Å². The summed E-state index contributed by atoms with van der Waals surface area (Å²) in [5.41, 5.74) is 1.09. The number of rotatable bonds is 6. The van der Waals surface area contributed by atoms with Crippen molar-refractivity contribution in [2.24, 2.45) is 0 Å². The third kappa shape index (κ3) is 7.04. The van der Waals surface area contributed by atoms with E-state index in [0.29, 0.717) is 0 Å². The molecule has 0 unspecified atom stereocenters. The monoisotopic (exact) mass is 354 g/mol. The highest BCUT2D eigenvalue weighted by atomic mass is 35.5. The van der Waals surface area contributed by atoms with E-state index in [-0.39, 0.29) is 24.8 Å². The Balaban J connectivity index is 0.00000200. The molecule has 0 bridgehead atoms. The van der Waals surface area contributed by atoms with Gasteiger partial charge in [0.1, 0.15) is 5.75 Å². The van der Waals surface area contributed by atoms with Crippen LogP contribution >= 0.6 is 11.6 Å². The van der Waals surface area contributed by atoms with E-state index in [1.165, 1.54) is 0 Å². The molecule has 122 valence electrons. The van der Waals surface area contributed by atoms with Crippen molar-refractivity contribution < 1.29 is 34.3 Å². The van der Waals surface area contributed by atoms with Gasteiger partial charge in [-0.1, -0.05) is 11.6 Å². The highest BCUT2D eigenvalue weighted by molar-refractivity contribution is 6.30. The van der Waals surface area contributed by atoms with Crippen LogP contribution in [-0.4, -0.2) is 51.4 Å².